The summed E-state index contributed by atoms with van der Waals surface area (Å²) >= 11 is 0. The van der Waals surface area contributed by atoms with Gasteiger partial charge in [0.1, 0.15) is 11.9 Å². The maximum atomic E-state index is 11.2. The summed E-state index contributed by atoms with van der Waals surface area (Å²) in [6, 6.07) is 8.24. The van der Waals surface area contributed by atoms with Gasteiger partial charge in [0, 0.05) is 25.6 Å². The molecule has 0 aromatic heterocycles. The largest absolute Gasteiger partial charge is 0.489 e. The van der Waals surface area contributed by atoms with Gasteiger partial charge in [-0.3, -0.25) is 4.79 Å². The van der Waals surface area contributed by atoms with E-state index in [1.54, 1.807) is 0 Å². The highest BCUT2D eigenvalue weighted by atomic mass is 16.5. The lowest BCUT2D eigenvalue weighted by atomic mass is 10.1. The van der Waals surface area contributed by atoms with E-state index in [-0.39, 0.29) is 18.1 Å². The first-order valence-corrected chi connectivity index (χ1v) is 8.61. The quantitative estimate of drug-likeness (QED) is 0.546. The highest BCUT2D eigenvalue weighted by Crippen LogP contribution is 2.14. The van der Waals surface area contributed by atoms with Crippen molar-refractivity contribution in [2.45, 2.75) is 45.8 Å². The summed E-state index contributed by atoms with van der Waals surface area (Å²) in [6.45, 7) is 8.08. The topological polar surface area (TPSA) is 74.8 Å². The molecule has 1 aromatic rings. The highest BCUT2D eigenvalue weighted by Gasteiger charge is 2.18. The first-order chi connectivity index (χ1) is 11.6. The van der Waals surface area contributed by atoms with E-state index in [1.165, 1.54) is 5.56 Å². The van der Waals surface area contributed by atoms with Crippen LogP contribution in [0.5, 0.6) is 5.75 Å². The summed E-state index contributed by atoms with van der Waals surface area (Å²) in [5, 5.41) is 9.49. The first-order valence-electron chi connectivity index (χ1n) is 8.61. The molecule has 24 heavy (non-hydrogen) atoms. The Morgan fingerprint density at radius 2 is 2.33 bits per heavy atom. The van der Waals surface area contributed by atoms with Crippen molar-refractivity contribution in [2.24, 2.45) is 4.99 Å². The average molecular weight is 332 g/mol. The molecule has 1 heterocycles. The van der Waals surface area contributed by atoms with Crippen LogP contribution in [0.1, 0.15) is 32.3 Å². The van der Waals surface area contributed by atoms with Crippen molar-refractivity contribution in [2.75, 3.05) is 19.6 Å². The van der Waals surface area contributed by atoms with Gasteiger partial charge in [-0.25, -0.2) is 4.99 Å². The lowest BCUT2D eigenvalue weighted by Crippen LogP contribution is -2.51. The summed E-state index contributed by atoms with van der Waals surface area (Å²) in [7, 11) is 0. The fraction of sp³-hybridized carbons (Fsp3) is 0.556. The Morgan fingerprint density at radius 3 is 3.00 bits per heavy atom. The molecule has 1 amide bonds. The zero-order valence-electron chi connectivity index (χ0n) is 14.8. The molecular weight excluding hydrogens is 304 g/mol. The summed E-state index contributed by atoms with van der Waals surface area (Å²) in [5.74, 6) is 1.75. The van der Waals surface area contributed by atoms with Gasteiger partial charge in [-0.05, 0) is 44.9 Å². The summed E-state index contributed by atoms with van der Waals surface area (Å²) < 4.78 is 5.91. The van der Waals surface area contributed by atoms with Gasteiger partial charge in [-0.1, -0.05) is 12.1 Å². The Balaban J connectivity index is 1.86. The lowest BCUT2D eigenvalue weighted by molar-refractivity contribution is -0.122. The van der Waals surface area contributed by atoms with E-state index in [0.29, 0.717) is 19.5 Å². The molecule has 6 nitrogen and oxygen atoms in total. The van der Waals surface area contributed by atoms with Crippen molar-refractivity contribution < 1.29 is 9.53 Å². The number of rotatable bonds is 6. The Kier molecular flexibility index (Phi) is 6.90. The third kappa shape index (κ3) is 6.10. The van der Waals surface area contributed by atoms with E-state index >= 15 is 0 Å². The van der Waals surface area contributed by atoms with Crippen molar-refractivity contribution in [1.29, 1.82) is 0 Å². The fourth-order valence-electron chi connectivity index (χ4n) is 2.55. The van der Waals surface area contributed by atoms with Crippen LogP contribution < -0.4 is 20.7 Å². The zero-order chi connectivity index (χ0) is 17.4. The molecule has 2 atom stereocenters. The van der Waals surface area contributed by atoms with E-state index in [9.17, 15) is 4.79 Å². The fourth-order valence-corrected chi connectivity index (χ4v) is 2.55. The molecule has 1 saturated heterocycles. The number of nitrogens with zero attached hydrogens (tertiary/aromatic N) is 1. The van der Waals surface area contributed by atoms with E-state index < -0.39 is 0 Å². The number of piperidine rings is 1. The van der Waals surface area contributed by atoms with Crippen molar-refractivity contribution >= 4 is 11.9 Å². The molecule has 2 unspecified atom stereocenters. The first kappa shape index (κ1) is 18.1. The second-order valence-electron chi connectivity index (χ2n) is 6.15. The van der Waals surface area contributed by atoms with Crippen LogP contribution in [0.3, 0.4) is 0 Å². The number of carbonyl (C=O) groups excluding carboxylic acids is 1. The molecule has 2 rings (SSSR count). The molecule has 1 aliphatic heterocycles. The number of nitrogens with one attached hydrogen (secondary N) is 3. The molecule has 0 spiro atoms. The Bertz CT molecular complexity index is 564. The molecule has 0 bridgehead atoms. The minimum absolute atomic E-state index is 0.0201. The van der Waals surface area contributed by atoms with Crippen LogP contribution in [0.25, 0.3) is 0 Å². The number of aliphatic imine (C=N–C) groups is 1. The minimum Gasteiger partial charge on any atom is -0.489 e. The Morgan fingerprint density at radius 1 is 1.50 bits per heavy atom. The highest BCUT2D eigenvalue weighted by molar-refractivity contribution is 5.81. The molecule has 1 aromatic carbocycles. The molecule has 0 aliphatic carbocycles. The van der Waals surface area contributed by atoms with Gasteiger partial charge in [0.05, 0.1) is 6.54 Å². The SMILES string of the molecule is CCNC(=NCC(C)Oc1cccc(C)c1)NC1CCC(=O)NC1. The van der Waals surface area contributed by atoms with Gasteiger partial charge < -0.3 is 20.7 Å². The van der Waals surface area contributed by atoms with Crippen LogP contribution in [0.2, 0.25) is 0 Å². The zero-order valence-corrected chi connectivity index (χ0v) is 14.8. The number of hydrogen-bond donors (Lipinski definition) is 3. The summed E-state index contributed by atoms with van der Waals surface area (Å²) in [5.41, 5.74) is 1.18. The van der Waals surface area contributed by atoms with Crippen LogP contribution in [0.4, 0.5) is 0 Å². The van der Waals surface area contributed by atoms with Crippen molar-refractivity contribution in [3.8, 4) is 5.75 Å². The predicted octanol–water partition coefficient (Wildman–Crippen LogP) is 1.60. The molecule has 0 radical (unpaired) electrons. The van der Waals surface area contributed by atoms with E-state index in [0.717, 1.165) is 24.7 Å². The second kappa shape index (κ2) is 9.15. The molecule has 1 aliphatic rings. The van der Waals surface area contributed by atoms with E-state index in [4.69, 9.17) is 4.74 Å². The van der Waals surface area contributed by atoms with Crippen molar-refractivity contribution in [1.82, 2.24) is 16.0 Å². The maximum Gasteiger partial charge on any atom is 0.220 e. The van der Waals surface area contributed by atoms with Crippen molar-refractivity contribution in [3.63, 3.8) is 0 Å². The van der Waals surface area contributed by atoms with Crippen LogP contribution in [-0.4, -0.2) is 43.6 Å². The van der Waals surface area contributed by atoms with Crippen LogP contribution in [0, 0.1) is 6.92 Å². The predicted molar refractivity (Wildman–Crippen MR) is 96.4 cm³/mol. The molecule has 6 heteroatoms. The van der Waals surface area contributed by atoms with Crippen molar-refractivity contribution in [3.05, 3.63) is 29.8 Å². The third-order valence-electron chi connectivity index (χ3n) is 3.78. The Labute approximate surface area is 144 Å². The monoisotopic (exact) mass is 332 g/mol. The third-order valence-corrected chi connectivity index (χ3v) is 3.78. The smallest absolute Gasteiger partial charge is 0.220 e. The van der Waals surface area contributed by atoms with Gasteiger partial charge in [-0.15, -0.1) is 0 Å². The number of hydrogen-bond acceptors (Lipinski definition) is 3. The number of guanidine groups is 1. The van der Waals surface area contributed by atoms with Gasteiger partial charge in [0.15, 0.2) is 5.96 Å². The van der Waals surface area contributed by atoms with Crippen LogP contribution in [0.15, 0.2) is 29.3 Å². The average Bonchev–Trinajstić information content (AvgIpc) is 2.55. The number of aryl methyl sites for hydroxylation is 1. The van der Waals surface area contributed by atoms with Gasteiger partial charge >= 0.3 is 0 Å². The van der Waals surface area contributed by atoms with Gasteiger partial charge in [-0.2, -0.15) is 0 Å². The Hall–Kier alpha value is -2.24. The van der Waals surface area contributed by atoms with Gasteiger partial charge in [0.25, 0.3) is 0 Å². The molecule has 3 N–H and O–H groups in total. The van der Waals surface area contributed by atoms with Crippen LogP contribution in [-0.2, 0) is 4.79 Å². The molecular formula is C18H28N4O2. The number of carbonyl (C=O) groups is 1. The van der Waals surface area contributed by atoms with E-state index in [1.807, 2.05) is 45.0 Å². The summed E-state index contributed by atoms with van der Waals surface area (Å²) in [4.78, 5) is 15.8. The van der Waals surface area contributed by atoms with Gasteiger partial charge in [0.2, 0.25) is 5.91 Å². The summed E-state index contributed by atoms with van der Waals surface area (Å²) in [6.07, 6.45) is 1.36. The standard InChI is InChI=1S/C18H28N4O2/c1-4-19-18(22-15-8-9-17(23)20-12-15)21-11-14(3)24-16-7-5-6-13(2)10-16/h5-7,10,14-15H,4,8-9,11-12H2,1-3H3,(H,20,23)(H2,19,21,22). The molecule has 1 fully saturated rings. The number of amides is 1. The molecule has 132 valence electrons. The van der Waals surface area contributed by atoms with Crippen LogP contribution >= 0.6 is 0 Å². The lowest BCUT2D eigenvalue weighted by Gasteiger charge is -2.25. The minimum atomic E-state index is -0.0201. The second-order valence-corrected chi connectivity index (χ2v) is 6.15. The molecule has 0 saturated carbocycles. The maximum absolute atomic E-state index is 11.2. The van der Waals surface area contributed by atoms with E-state index in [2.05, 4.69) is 20.9 Å². The number of ether oxygens (including phenoxy) is 1. The number of benzene rings is 1. The normalized spacial score (nSPS) is 19.4.